The molecule has 186 valence electrons. The van der Waals surface area contributed by atoms with Crippen LogP contribution in [0.5, 0.6) is 0 Å². The maximum atomic E-state index is 14.0. The Balaban J connectivity index is 1.74. The largest absolute Gasteiger partial charge is 0.462 e. The molecule has 0 saturated carbocycles. The van der Waals surface area contributed by atoms with Gasteiger partial charge in [0.25, 0.3) is 11.5 Å². The number of anilines is 1. The molecule has 4 heterocycles. The Morgan fingerprint density at radius 1 is 1.17 bits per heavy atom. The SMILES string of the molecule is CCCN1C(=O)/C(=c2\sc3n(c2=O)[C@H](c2cccs2)C(C(=O)OCC(C)C)=C(C)N=3)c2ccccc21. The van der Waals surface area contributed by atoms with Crippen molar-refractivity contribution in [3.05, 3.63) is 83.2 Å². The summed E-state index contributed by atoms with van der Waals surface area (Å²) in [5.74, 6) is -0.474. The first-order valence-electron chi connectivity index (χ1n) is 12.0. The Labute approximate surface area is 216 Å². The van der Waals surface area contributed by atoms with Crippen LogP contribution in [0.2, 0.25) is 0 Å². The highest BCUT2D eigenvalue weighted by Crippen LogP contribution is 2.36. The van der Waals surface area contributed by atoms with Crippen molar-refractivity contribution in [1.82, 2.24) is 4.57 Å². The Bertz CT molecular complexity index is 1560. The Hall–Kier alpha value is -3.30. The van der Waals surface area contributed by atoms with Gasteiger partial charge in [0.2, 0.25) is 0 Å². The highest BCUT2D eigenvalue weighted by Gasteiger charge is 2.37. The summed E-state index contributed by atoms with van der Waals surface area (Å²) in [7, 11) is 0. The molecule has 1 atom stereocenters. The summed E-state index contributed by atoms with van der Waals surface area (Å²) in [5.41, 5.74) is 2.52. The maximum absolute atomic E-state index is 14.0. The number of para-hydroxylation sites is 1. The van der Waals surface area contributed by atoms with Crippen LogP contribution in [0.3, 0.4) is 0 Å². The molecule has 36 heavy (non-hydrogen) atoms. The number of rotatable bonds is 6. The summed E-state index contributed by atoms with van der Waals surface area (Å²) in [4.78, 5) is 48.5. The second kappa shape index (κ2) is 9.63. The van der Waals surface area contributed by atoms with E-state index in [1.807, 2.05) is 62.5 Å². The van der Waals surface area contributed by atoms with E-state index in [0.29, 0.717) is 32.7 Å². The molecule has 1 aromatic carbocycles. The van der Waals surface area contributed by atoms with E-state index in [9.17, 15) is 14.4 Å². The monoisotopic (exact) mass is 521 g/mol. The second-order valence-electron chi connectivity index (χ2n) is 9.26. The lowest BCUT2D eigenvalue weighted by atomic mass is 10.0. The zero-order chi connectivity index (χ0) is 25.6. The van der Waals surface area contributed by atoms with Crippen molar-refractivity contribution in [2.75, 3.05) is 18.1 Å². The molecule has 2 aliphatic rings. The van der Waals surface area contributed by atoms with Crippen LogP contribution in [-0.2, 0) is 14.3 Å². The zero-order valence-electron chi connectivity index (χ0n) is 20.6. The minimum atomic E-state index is -0.659. The van der Waals surface area contributed by atoms with Crippen molar-refractivity contribution in [3.63, 3.8) is 0 Å². The standard InChI is InChI=1S/C27H27N3O4S2/c1-5-12-29-18-10-7-6-9-17(18)21(24(29)31)23-25(32)30-22(19-11-8-13-35-19)20(16(4)28-27(30)36-23)26(33)34-14-15(2)3/h6-11,13,15,22H,5,12,14H2,1-4H3/b23-21-/t22-/m1/s1. The van der Waals surface area contributed by atoms with Gasteiger partial charge in [-0.2, -0.15) is 0 Å². The lowest BCUT2D eigenvalue weighted by molar-refractivity contribution is -0.140. The van der Waals surface area contributed by atoms with Gasteiger partial charge in [0.15, 0.2) is 4.80 Å². The highest BCUT2D eigenvalue weighted by atomic mass is 32.1. The Morgan fingerprint density at radius 2 is 1.94 bits per heavy atom. The molecule has 0 N–H and O–H groups in total. The van der Waals surface area contributed by atoms with E-state index in [1.165, 1.54) is 22.7 Å². The predicted octanol–water partition coefficient (Wildman–Crippen LogP) is 3.62. The van der Waals surface area contributed by atoms with Crippen molar-refractivity contribution in [1.29, 1.82) is 0 Å². The first-order valence-corrected chi connectivity index (χ1v) is 13.7. The summed E-state index contributed by atoms with van der Waals surface area (Å²) in [6.45, 7) is 8.58. The summed E-state index contributed by atoms with van der Waals surface area (Å²) >= 11 is 2.67. The molecular weight excluding hydrogens is 494 g/mol. The quantitative estimate of drug-likeness (QED) is 0.464. The molecule has 0 bridgehead atoms. The molecule has 2 aliphatic heterocycles. The Morgan fingerprint density at radius 3 is 2.64 bits per heavy atom. The van der Waals surface area contributed by atoms with Gasteiger partial charge in [0.05, 0.1) is 29.1 Å². The average Bonchev–Trinajstić information content (AvgIpc) is 3.55. The van der Waals surface area contributed by atoms with Gasteiger partial charge < -0.3 is 9.64 Å². The van der Waals surface area contributed by atoms with Gasteiger partial charge in [-0.1, -0.05) is 56.4 Å². The first kappa shape index (κ1) is 24.4. The maximum Gasteiger partial charge on any atom is 0.338 e. The molecular formula is C27H27N3O4S2. The topological polar surface area (TPSA) is 81.0 Å². The van der Waals surface area contributed by atoms with Crippen LogP contribution in [0.25, 0.3) is 5.57 Å². The van der Waals surface area contributed by atoms with Crippen LogP contribution in [0, 0.1) is 5.92 Å². The first-order chi connectivity index (χ1) is 17.3. The van der Waals surface area contributed by atoms with E-state index >= 15 is 0 Å². The van der Waals surface area contributed by atoms with Crippen LogP contribution in [0.15, 0.2) is 62.8 Å². The van der Waals surface area contributed by atoms with Gasteiger partial charge in [-0.3, -0.25) is 14.2 Å². The summed E-state index contributed by atoms with van der Waals surface area (Å²) in [6, 6.07) is 10.7. The third-order valence-corrected chi connectivity index (χ3v) is 8.15. The lowest BCUT2D eigenvalue weighted by Gasteiger charge is -2.23. The summed E-state index contributed by atoms with van der Waals surface area (Å²) in [6.07, 6.45) is 0.800. The molecule has 0 aliphatic carbocycles. The second-order valence-corrected chi connectivity index (χ2v) is 11.2. The number of thiazole rings is 1. The molecule has 0 radical (unpaired) electrons. The smallest absolute Gasteiger partial charge is 0.338 e. The van der Waals surface area contributed by atoms with Gasteiger partial charge in [-0.05, 0) is 36.8 Å². The third-order valence-electron chi connectivity index (χ3n) is 6.18. The van der Waals surface area contributed by atoms with E-state index in [0.717, 1.165) is 22.5 Å². The molecule has 7 nitrogen and oxygen atoms in total. The van der Waals surface area contributed by atoms with Gasteiger partial charge in [0.1, 0.15) is 10.6 Å². The molecule has 5 rings (SSSR count). The number of thiophene rings is 1. The van der Waals surface area contributed by atoms with E-state index in [1.54, 1.807) is 16.4 Å². The number of hydrogen-bond donors (Lipinski definition) is 0. The van der Waals surface area contributed by atoms with Crippen molar-refractivity contribution >= 4 is 45.8 Å². The molecule has 0 saturated heterocycles. The fourth-order valence-electron chi connectivity index (χ4n) is 4.61. The minimum absolute atomic E-state index is 0.178. The average molecular weight is 522 g/mol. The van der Waals surface area contributed by atoms with E-state index < -0.39 is 12.0 Å². The lowest BCUT2D eigenvalue weighted by Crippen LogP contribution is -2.40. The predicted molar refractivity (Wildman–Crippen MR) is 142 cm³/mol. The number of amides is 1. The van der Waals surface area contributed by atoms with E-state index in [4.69, 9.17) is 4.74 Å². The van der Waals surface area contributed by atoms with Crippen LogP contribution < -0.4 is 19.8 Å². The van der Waals surface area contributed by atoms with Crippen LogP contribution in [-0.4, -0.2) is 29.6 Å². The Kier molecular flexibility index (Phi) is 6.53. The van der Waals surface area contributed by atoms with E-state index in [-0.39, 0.29) is 24.0 Å². The number of carbonyl (C=O) groups is 2. The minimum Gasteiger partial charge on any atom is -0.462 e. The van der Waals surface area contributed by atoms with Crippen molar-refractivity contribution in [2.24, 2.45) is 10.9 Å². The number of benzene rings is 1. The molecule has 0 spiro atoms. The summed E-state index contributed by atoms with van der Waals surface area (Å²) in [5, 5.41) is 1.92. The van der Waals surface area contributed by atoms with Crippen LogP contribution >= 0.6 is 22.7 Å². The molecule has 0 unspecified atom stereocenters. The van der Waals surface area contributed by atoms with Crippen molar-refractivity contribution in [2.45, 2.75) is 40.2 Å². The molecule has 3 aromatic rings. The van der Waals surface area contributed by atoms with Gasteiger partial charge in [0, 0.05) is 17.0 Å². The number of aromatic nitrogens is 1. The fourth-order valence-corrected chi connectivity index (χ4v) is 6.57. The molecule has 1 amide bonds. The van der Waals surface area contributed by atoms with Crippen LogP contribution in [0.4, 0.5) is 5.69 Å². The molecule has 0 fully saturated rings. The number of esters is 1. The van der Waals surface area contributed by atoms with Crippen molar-refractivity contribution in [3.8, 4) is 0 Å². The van der Waals surface area contributed by atoms with E-state index in [2.05, 4.69) is 4.99 Å². The summed E-state index contributed by atoms with van der Waals surface area (Å²) < 4.78 is 7.47. The van der Waals surface area contributed by atoms with Crippen LogP contribution in [0.1, 0.15) is 50.6 Å². The van der Waals surface area contributed by atoms with Gasteiger partial charge in [-0.15, -0.1) is 11.3 Å². The number of nitrogens with zero attached hydrogens (tertiary/aromatic N) is 3. The zero-order valence-corrected chi connectivity index (χ0v) is 22.2. The van der Waals surface area contributed by atoms with Gasteiger partial charge >= 0.3 is 5.97 Å². The normalized spacial score (nSPS) is 18.4. The van der Waals surface area contributed by atoms with Gasteiger partial charge in [-0.25, -0.2) is 9.79 Å². The third kappa shape index (κ3) is 3.96. The molecule has 9 heteroatoms. The molecule has 2 aromatic heterocycles. The number of hydrogen-bond acceptors (Lipinski definition) is 7. The fraction of sp³-hybridized carbons (Fsp3) is 0.333. The number of ether oxygens (including phenoxy) is 1. The highest BCUT2D eigenvalue weighted by molar-refractivity contribution is 7.10. The number of carbonyl (C=O) groups excluding carboxylic acids is 2. The number of fused-ring (bicyclic) bond motifs is 2. The number of allylic oxidation sites excluding steroid dienone is 1. The van der Waals surface area contributed by atoms with Crippen molar-refractivity contribution < 1.29 is 14.3 Å².